The summed E-state index contributed by atoms with van der Waals surface area (Å²) in [7, 11) is 0. The van der Waals surface area contributed by atoms with Gasteiger partial charge in [-0.15, -0.1) is 0 Å². The molecule has 0 spiro atoms. The summed E-state index contributed by atoms with van der Waals surface area (Å²) >= 11 is 0. The van der Waals surface area contributed by atoms with Crippen molar-refractivity contribution in [2.45, 2.75) is 20.3 Å². The Balaban J connectivity index is 2.15. The maximum Gasteiger partial charge on any atom is 0.122 e. The van der Waals surface area contributed by atoms with E-state index in [9.17, 15) is 0 Å². The van der Waals surface area contributed by atoms with Gasteiger partial charge in [0.05, 0.1) is 6.61 Å². The summed E-state index contributed by atoms with van der Waals surface area (Å²) < 4.78 is 5.54. The van der Waals surface area contributed by atoms with Crippen LogP contribution in [0.2, 0.25) is 0 Å². The first-order valence-electron chi connectivity index (χ1n) is 6.06. The molecule has 1 nitrogen and oxygen atoms in total. The third kappa shape index (κ3) is 3.10. The lowest BCUT2D eigenvalue weighted by molar-refractivity contribution is 0.338. The van der Waals surface area contributed by atoms with Gasteiger partial charge in [-0.3, -0.25) is 0 Å². The monoisotopic (exact) mass is 226 g/mol. The van der Waals surface area contributed by atoms with Crippen LogP contribution in [0.25, 0.3) is 0 Å². The number of aryl methyl sites for hydroxylation is 1. The average molecular weight is 226 g/mol. The van der Waals surface area contributed by atoms with Crippen molar-refractivity contribution in [1.29, 1.82) is 0 Å². The second-order valence-corrected chi connectivity index (χ2v) is 4.20. The fourth-order valence-corrected chi connectivity index (χ4v) is 1.97. The van der Waals surface area contributed by atoms with E-state index in [0.29, 0.717) is 0 Å². The summed E-state index contributed by atoms with van der Waals surface area (Å²) in [5.41, 5.74) is 3.88. The molecular weight excluding hydrogens is 208 g/mol. The highest BCUT2D eigenvalue weighted by Gasteiger charge is 2.01. The fourth-order valence-electron chi connectivity index (χ4n) is 1.97. The SMILES string of the molecule is CCOc1ccc(Cc2ccccc2)cc1C. The van der Waals surface area contributed by atoms with Gasteiger partial charge in [0.25, 0.3) is 0 Å². The predicted octanol–water partition coefficient (Wildman–Crippen LogP) is 3.98. The maximum atomic E-state index is 5.54. The normalized spacial score (nSPS) is 10.2. The molecule has 2 aromatic carbocycles. The van der Waals surface area contributed by atoms with E-state index in [1.807, 2.05) is 13.0 Å². The predicted molar refractivity (Wildman–Crippen MR) is 71.6 cm³/mol. The van der Waals surface area contributed by atoms with Crippen LogP contribution in [-0.2, 0) is 6.42 Å². The largest absolute Gasteiger partial charge is 0.494 e. The van der Waals surface area contributed by atoms with Gasteiger partial charge in [-0.05, 0) is 43.0 Å². The maximum absolute atomic E-state index is 5.54. The minimum atomic E-state index is 0.721. The second kappa shape index (κ2) is 5.53. The van der Waals surface area contributed by atoms with Crippen molar-refractivity contribution in [2.24, 2.45) is 0 Å². The minimum absolute atomic E-state index is 0.721. The molecule has 0 heterocycles. The molecule has 0 fully saturated rings. The zero-order chi connectivity index (χ0) is 12.1. The lowest BCUT2D eigenvalue weighted by Crippen LogP contribution is -1.95. The summed E-state index contributed by atoms with van der Waals surface area (Å²) in [6, 6.07) is 16.9. The van der Waals surface area contributed by atoms with Crippen molar-refractivity contribution in [2.75, 3.05) is 6.61 Å². The number of hydrogen-bond acceptors (Lipinski definition) is 1. The third-order valence-electron chi connectivity index (χ3n) is 2.79. The lowest BCUT2D eigenvalue weighted by Gasteiger charge is -2.09. The molecule has 2 aromatic rings. The molecule has 0 aliphatic heterocycles. The average Bonchev–Trinajstić information content (AvgIpc) is 2.34. The Hall–Kier alpha value is -1.76. The molecule has 0 aromatic heterocycles. The molecular formula is C16H18O. The first kappa shape index (κ1) is 11.7. The fraction of sp³-hybridized carbons (Fsp3) is 0.250. The van der Waals surface area contributed by atoms with Gasteiger partial charge >= 0.3 is 0 Å². The molecule has 17 heavy (non-hydrogen) atoms. The van der Waals surface area contributed by atoms with Crippen LogP contribution in [0, 0.1) is 6.92 Å². The van der Waals surface area contributed by atoms with Crippen LogP contribution in [0.1, 0.15) is 23.6 Å². The van der Waals surface area contributed by atoms with E-state index in [1.54, 1.807) is 0 Å². The molecule has 0 bridgehead atoms. The lowest BCUT2D eigenvalue weighted by atomic mass is 10.0. The van der Waals surface area contributed by atoms with Crippen LogP contribution in [-0.4, -0.2) is 6.61 Å². The van der Waals surface area contributed by atoms with E-state index in [-0.39, 0.29) is 0 Å². The summed E-state index contributed by atoms with van der Waals surface area (Å²) in [6.07, 6.45) is 0.980. The Labute approximate surface area is 103 Å². The quantitative estimate of drug-likeness (QED) is 0.766. The molecule has 0 aliphatic rings. The standard InChI is InChI=1S/C16H18O/c1-3-17-16-10-9-15(11-13(16)2)12-14-7-5-4-6-8-14/h4-11H,3,12H2,1-2H3. The van der Waals surface area contributed by atoms with E-state index in [4.69, 9.17) is 4.74 Å². The van der Waals surface area contributed by atoms with Crippen LogP contribution >= 0.6 is 0 Å². The van der Waals surface area contributed by atoms with Crippen molar-refractivity contribution in [3.8, 4) is 5.75 Å². The highest BCUT2D eigenvalue weighted by atomic mass is 16.5. The summed E-state index contributed by atoms with van der Waals surface area (Å²) in [5.74, 6) is 0.990. The van der Waals surface area contributed by atoms with Crippen LogP contribution < -0.4 is 4.74 Å². The Morgan fingerprint density at radius 1 is 0.941 bits per heavy atom. The van der Waals surface area contributed by atoms with E-state index in [0.717, 1.165) is 18.8 Å². The van der Waals surface area contributed by atoms with Crippen LogP contribution in [0.4, 0.5) is 0 Å². The smallest absolute Gasteiger partial charge is 0.122 e. The molecule has 0 amide bonds. The van der Waals surface area contributed by atoms with Gasteiger partial charge in [0, 0.05) is 0 Å². The van der Waals surface area contributed by atoms with E-state index >= 15 is 0 Å². The molecule has 0 N–H and O–H groups in total. The van der Waals surface area contributed by atoms with Gasteiger partial charge in [0.1, 0.15) is 5.75 Å². The van der Waals surface area contributed by atoms with Crippen LogP contribution in [0.5, 0.6) is 5.75 Å². The summed E-state index contributed by atoms with van der Waals surface area (Å²) in [5, 5.41) is 0. The molecule has 0 unspecified atom stereocenters. The number of benzene rings is 2. The Morgan fingerprint density at radius 3 is 2.35 bits per heavy atom. The van der Waals surface area contributed by atoms with Crippen molar-refractivity contribution in [3.05, 3.63) is 65.2 Å². The molecule has 0 saturated carbocycles. The Morgan fingerprint density at radius 2 is 1.71 bits per heavy atom. The molecule has 88 valence electrons. The van der Waals surface area contributed by atoms with Gasteiger partial charge in [-0.2, -0.15) is 0 Å². The summed E-state index contributed by atoms with van der Waals surface area (Å²) in [4.78, 5) is 0. The first-order valence-corrected chi connectivity index (χ1v) is 6.06. The highest BCUT2D eigenvalue weighted by Crippen LogP contribution is 2.20. The minimum Gasteiger partial charge on any atom is -0.494 e. The van der Waals surface area contributed by atoms with Gasteiger partial charge in [0.15, 0.2) is 0 Å². The van der Waals surface area contributed by atoms with E-state index in [2.05, 4.69) is 49.4 Å². The zero-order valence-corrected chi connectivity index (χ0v) is 10.4. The van der Waals surface area contributed by atoms with Crippen LogP contribution in [0.15, 0.2) is 48.5 Å². The summed E-state index contributed by atoms with van der Waals surface area (Å²) in [6.45, 7) is 4.83. The third-order valence-corrected chi connectivity index (χ3v) is 2.79. The Kier molecular flexibility index (Phi) is 3.81. The van der Waals surface area contributed by atoms with Crippen molar-refractivity contribution in [1.82, 2.24) is 0 Å². The number of hydrogen-bond donors (Lipinski definition) is 0. The molecule has 2 rings (SSSR count). The van der Waals surface area contributed by atoms with Crippen molar-refractivity contribution in [3.63, 3.8) is 0 Å². The van der Waals surface area contributed by atoms with Gasteiger partial charge < -0.3 is 4.74 Å². The van der Waals surface area contributed by atoms with Crippen molar-refractivity contribution >= 4 is 0 Å². The second-order valence-electron chi connectivity index (χ2n) is 4.20. The highest BCUT2D eigenvalue weighted by molar-refractivity contribution is 5.38. The molecule has 1 heteroatoms. The Bertz CT molecular complexity index is 474. The molecule has 0 saturated heterocycles. The number of ether oxygens (including phenoxy) is 1. The van der Waals surface area contributed by atoms with Crippen LogP contribution in [0.3, 0.4) is 0 Å². The topological polar surface area (TPSA) is 9.23 Å². The molecule has 0 radical (unpaired) electrons. The van der Waals surface area contributed by atoms with Gasteiger partial charge in [0.2, 0.25) is 0 Å². The zero-order valence-electron chi connectivity index (χ0n) is 10.4. The van der Waals surface area contributed by atoms with Crippen molar-refractivity contribution < 1.29 is 4.74 Å². The van der Waals surface area contributed by atoms with Gasteiger partial charge in [-0.25, -0.2) is 0 Å². The molecule has 0 atom stereocenters. The molecule has 0 aliphatic carbocycles. The first-order chi connectivity index (χ1) is 8.29. The van der Waals surface area contributed by atoms with Gasteiger partial charge in [-0.1, -0.05) is 42.5 Å². The van der Waals surface area contributed by atoms with E-state index < -0.39 is 0 Å². The number of rotatable bonds is 4. The van der Waals surface area contributed by atoms with E-state index in [1.165, 1.54) is 16.7 Å².